The molecular weight excluding hydrogens is 300 g/mol. The molecule has 0 N–H and O–H groups in total. The second-order valence-electron chi connectivity index (χ2n) is 6.69. The van der Waals surface area contributed by atoms with Gasteiger partial charge in [-0.3, -0.25) is 9.78 Å². The number of nitrogens with zero attached hydrogens (tertiary/aromatic N) is 1. The zero-order chi connectivity index (χ0) is 17.4. The van der Waals surface area contributed by atoms with Crippen molar-refractivity contribution < 1.29 is 23.2 Å². The summed E-state index contributed by atoms with van der Waals surface area (Å²) in [4.78, 5) is 16.1. The molecular formula is C16H23BFNO4. The molecule has 0 radical (unpaired) electrons. The maximum atomic E-state index is 13.7. The third-order valence-corrected chi connectivity index (χ3v) is 4.47. The lowest BCUT2D eigenvalue weighted by molar-refractivity contribution is -0.144. The first-order valence-corrected chi connectivity index (χ1v) is 7.76. The van der Waals surface area contributed by atoms with Gasteiger partial charge in [0.25, 0.3) is 0 Å². The van der Waals surface area contributed by atoms with Crippen LogP contribution in [-0.4, -0.2) is 35.9 Å². The quantitative estimate of drug-likeness (QED) is 0.628. The van der Waals surface area contributed by atoms with E-state index in [0.29, 0.717) is 11.2 Å². The molecule has 2 rings (SSSR count). The summed E-state index contributed by atoms with van der Waals surface area (Å²) in [5.41, 5.74) is -0.296. The Bertz CT molecular complexity index is 590. The Hall–Kier alpha value is -1.47. The van der Waals surface area contributed by atoms with Crippen LogP contribution in [0.2, 0.25) is 0 Å². The minimum Gasteiger partial charge on any atom is -0.465 e. The van der Waals surface area contributed by atoms with Crippen LogP contribution in [-0.2, 0) is 18.8 Å². The van der Waals surface area contributed by atoms with Gasteiger partial charge in [0.15, 0.2) is 0 Å². The van der Waals surface area contributed by atoms with Crippen molar-refractivity contribution in [2.24, 2.45) is 0 Å². The van der Waals surface area contributed by atoms with Crippen LogP contribution in [0.1, 0.15) is 53.2 Å². The Labute approximate surface area is 136 Å². The molecule has 0 amide bonds. The van der Waals surface area contributed by atoms with Crippen molar-refractivity contribution in [3.8, 4) is 0 Å². The van der Waals surface area contributed by atoms with E-state index in [2.05, 4.69) is 4.98 Å². The lowest BCUT2D eigenvalue weighted by atomic mass is 9.75. The molecule has 0 spiro atoms. The Morgan fingerprint density at radius 1 is 1.35 bits per heavy atom. The van der Waals surface area contributed by atoms with Crippen molar-refractivity contribution in [2.75, 3.05) is 6.61 Å². The summed E-state index contributed by atoms with van der Waals surface area (Å²) >= 11 is 0. The Balaban J connectivity index is 2.39. The summed E-state index contributed by atoms with van der Waals surface area (Å²) in [7, 11) is -0.782. The normalized spacial score (nSPS) is 20.4. The molecule has 1 fully saturated rings. The van der Waals surface area contributed by atoms with Crippen LogP contribution in [0.25, 0.3) is 0 Å². The second kappa shape index (κ2) is 6.21. The molecule has 1 aromatic rings. The van der Waals surface area contributed by atoms with Crippen molar-refractivity contribution >= 4 is 18.6 Å². The second-order valence-corrected chi connectivity index (χ2v) is 6.69. The molecule has 1 unspecified atom stereocenters. The monoisotopic (exact) mass is 323 g/mol. The average Bonchev–Trinajstić information content (AvgIpc) is 2.67. The highest BCUT2D eigenvalue weighted by Crippen LogP contribution is 2.37. The van der Waals surface area contributed by atoms with Crippen LogP contribution in [0.4, 0.5) is 4.39 Å². The standard InChI is InChI=1S/C16H23BFNO4/c1-7-21-14(20)10(2)13-12(8-11(18)9-19-13)17-22-15(3,4)16(5,6)23-17/h8-10H,7H2,1-6H3. The van der Waals surface area contributed by atoms with Gasteiger partial charge in [-0.15, -0.1) is 0 Å². The maximum Gasteiger partial charge on any atom is 0.496 e. The number of hydrogen-bond acceptors (Lipinski definition) is 5. The smallest absolute Gasteiger partial charge is 0.465 e. The lowest BCUT2D eigenvalue weighted by Crippen LogP contribution is -2.41. The van der Waals surface area contributed by atoms with Gasteiger partial charge < -0.3 is 14.0 Å². The van der Waals surface area contributed by atoms with Gasteiger partial charge in [0.2, 0.25) is 0 Å². The number of esters is 1. The van der Waals surface area contributed by atoms with Crippen molar-refractivity contribution in [2.45, 2.75) is 58.7 Å². The molecule has 1 aliphatic heterocycles. The summed E-state index contributed by atoms with van der Waals surface area (Å²) in [6.07, 6.45) is 1.08. The zero-order valence-electron chi connectivity index (χ0n) is 14.5. The van der Waals surface area contributed by atoms with Crippen molar-refractivity contribution in [1.29, 1.82) is 0 Å². The fourth-order valence-corrected chi connectivity index (χ4v) is 2.37. The van der Waals surface area contributed by atoms with Crippen molar-refractivity contribution in [3.05, 3.63) is 23.8 Å². The van der Waals surface area contributed by atoms with E-state index in [-0.39, 0.29) is 6.61 Å². The highest BCUT2D eigenvalue weighted by Gasteiger charge is 2.52. The Morgan fingerprint density at radius 3 is 2.43 bits per heavy atom. The Kier molecular flexibility index (Phi) is 4.82. The summed E-state index contributed by atoms with van der Waals surface area (Å²) in [5.74, 6) is -1.55. The maximum absolute atomic E-state index is 13.7. The first-order valence-electron chi connectivity index (χ1n) is 7.76. The van der Waals surface area contributed by atoms with Crippen LogP contribution in [0, 0.1) is 5.82 Å². The highest BCUT2D eigenvalue weighted by atomic mass is 19.1. The minimum absolute atomic E-state index is 0.274. The molecule has 2 heterocycles. The predicted molar refractivity (Wildman–Crippen MR) is 85.0 cm³/mol. The SMILES string of the molecule is CCOC(=O)C(C)c1ncc(F)cc1B1OC(C)(C)C(C)(C)O1. The number of halogens is 1. The predicted octanol–water partition coefficient (Wildman–Crippen LogP) is 2.19. The molecule has 1 aliphatic rings. The van der Waals surface area contributed by atoms with Gasteiger partial charge in [0, 0.05) is 5.46 Å². The van der Waals surface area contributed by atoms with Crippen molar-refractivity contribution in [3.63, 3.8) is 0 Å². The highest BCUT2D eigenvalue weighted by molar-refractivity contribution is 6.62. The zero-order valence-corrected chi connectivity index (χ0v) is 14.5. The lowest BCUT2D eigenvalue weighted by Gasteiger charge is -2.32. The van der Waals surface area contributed by atoms with Crippen LogP contribution < -0.4 is 5.46 Å². The first kappa shape index (κ1) is 17.9. The van der Waals surface area contributed by atoms with Gasteiger partial charge >= 0.3 is 13.1 Å². The molecule has 0 aliphatic carbocycles. The van der Waals surface area contributed by atoms with Crippen LogP contribution in [0.5, 0.6) is 0 Å². The largest absolute Gasteiger partial charge is 0.496 e. The molecule has 1 atom stereocenters. The summed E-state index contributed by atoms with van der Waals surface area (Å²) in [6.45, 7) is 11.3. The summed E-state index contributed by atoms with van der Waals surface area (Å²) in [5, 5.41) is 0. The van der Waals surface area contributed by atoms with E-state index in [0.717, 1.165) is 6.20 Å². The van der Waals surface area contributed by atoms with Gasteiger partial charge in [0.1, 0.15) is 5.82 Å². The van der Waals surface area contributed by atoms with E-state index in [1.807, 2.05) is 27.7 Å². The van der Waals surface area contributed by atoms with E-state index in [4.69, 9.17) is 14.0 Å². The molecule has 1 saturated heterocycles. The molecule has 126 valence electrons. The van der Waals surface area contributed by atoms with E-state index in [1.165, 1.54) is 6.07 Å². The molecule has 1 aromatic heterocycles. The number of carbonyl (C=O) groups excluding carboxylic acids is 1. The summed E-state index contributed by atoms with van der Waals surface area (Å²) < 4.78 is 30.7. The molecule has 0 bridgehead atoms. The minimum atomic E-state index is -0.782. The van der Waals surface area contributed by atoms with Crippen LogP contribution >= 0.6 is 0 Å². The number of pyridine rings is 1. The van der Waals surface area contributed by atoms with Crippen LogP contribution in [0.15, 0.2) is 12.3 Å². The number of aromatic nitrogens is 1. The van der Waals surface area contributed by atoms with Crippen molar-refractivity contribution in [1.82, 2.24) is 4.98 Å². The van der Waals surface area contributed by atoms with E-state index in [1.54, 1.807) is 13.8 Å². The number of ether oxygens (including phenoxy) is 1. The van der Waals surface area contributed by atoms with Gasteiger partial charge in [-0.2, -0.15) is 0 Å². The fourth-order valence-electron chi connectivity index (χ4n) is 2.37. The van der Waals surface area contributed by atoms with Gasteiger partial charge in [-0.05, 0) is 47.6 Å². The van der Waals surface area contributed by atoms with Gasteiger partial charge in [-0.1, -0.05) is 0 Å². The third kappa shape index (κ3) is 3.40. The molecule has 0 aromatic carbocycles. The molecule has 0 saturated carbocycles. The number of carbonyl (C=O) groups is 1. The molecule has 23 heavy (non-hydrogen) atoms. The molecule has 7 heteroatoms. The summed E-state index contributed by atoms with van der Waals surface area (Å²) in [6, 6.07) is 1.31. The average molecular weight is 323 g/mol. The molecule has 5 nitrogen and oxygen atoms in total. The first-order chi connectivity index (χ1) is 10.6. The van der Waals surface area contributed by atoms with E-state index >= 15 is 0 Å². The van der Waals surface area contributed by atoms with E-state index < -0.39 is 36.0 Å². The van der Waals surface area contributed by atoms with Gasteiger partial charge in [-0.25, -0.2) is 4.39 Å². The topological polar surface area (TPSA) is 57.7 Å². The van der Waals surface area contributed by atoms with E-state index in [9.17, 15) is 9.18 Å². The van der Waals surface area contributed by atoms with Gasteiger partial charge in [0.05, 0.1) is 35.6 Å². The fraction of sp³-hybridized carbons (Fsp3) is 0.625. The van der Waals surface area contributed by atoms with Crippen LogP contribution in [0.3, 0.4) is 0 Å². The Morgan fingerprint density at radius 2 is 1.91 bits per heavy atom. The number of hydrogen-bond donors (Lipinski definition) is 0. The number of rotatable bonds is 4. The third-order valence-electron chi connectivity index (χ3n) is 4.47.